The van der Waals surface area contributed by atoms with Gasteiger partial charge in [0.05, 0.1) is 0 Å². The molecule has 6 heteroatoms. The molecular weight excluding hydrogens is 319 g/mol. The minimum atomic E-state index is -0.982. The Labute approximate surface area is 130 Å². The van der Waals surface area contributed by atoms with Gasteiger partial charge in [0.15, 0.2) is 0 Å². The Balaban J connectivity index is 2.07. The van der Waals surface area contributed by atoms with Gasteiger partial charge in [-0.15, -0.1) is 11.3 Å². The van der Waals surface area contributed by atoms with Gasteiger partial charge in [-0.1, -0.05) is 23.2 Å². The number of hydrogen-bond acceptors (Lipinski definition) is 3. The second-order valence-electron chi connectivity index (χ2n) is 3.86. The third-order valence-corrected chi connectivity index (χ3v) is 3.74. The highest BCUT2D eigenvalue weighted by molar-refractivity contribution is 7.10. The van der Waals surface area contributed by atoms with Gasteiger partial charge in [0.2, 0.25) is 0 Å². The van der Waals surface area contributed by atoms with E-state index in [-0.39, 0.29) is 0 Å². The highest BCUT2D eigenvalue weighted by atomic mass is 35.5. The van der Waals surface area contributed by atoms with Crippen molar-refractivity contribution in [1.29, 1.82) is 0 Å². The van der Waals surface area contributed by atoms with Crippen LogP contribution in [-0.2, 0) is 11.4 Å². The summed E-state index contributed by atoms with van der Waals surface area (Å²) >= 11 is 13.3. The van der Waals surface area contributed by atoms with Gasteiger partial charge in [-0.2, -0.15) is 0 Å². The van der Waals surface area contributed by atoms with Gasteiger partial charge >= 0.3 is 5.97 Å². The standard InChI is InChI=1S/C14H10Cl2O3S/c15-10-5-11(16)7-12(6-10)19-8-13-9(3-4-20-13)1-2-14(17)18/h1-7H,8H2,(H,17,18). The van der Waals surface area contributed by atoms with E-state index in [1.807, 2.05) is 11.4 Å². The molecule has 0 aliphatic rings. The van der Waals surface area contributed by atoms with Crippen LogP contribution >= 0.6 is 34.5 Å². The molecule has 0 radical (unpaired) electrons. The van der Waals surface area contributed by atoms with Crippen molar-refractivity contribution in [2.75, 3.05) is 0 Å². The van der Waals surface area contributed by atoms with Crippen LogP contribution < -0.4 is 4.74 Å². The molecule has 0 amide bonds. The number of halogens is 2. The van der Waals surface area contributed by atoms with Gasteiger partial charge < -0.3 is 9.84 Å². The maximum Gasteiger partial charge on any atom is 0.328 e. The van der Waals surface area contributed by atoms with E-state index in [1.54, 1.807) is 24.3 Å². The summed E-state index contributed by atoms with van der Waals surface area (Å²) in [5.74, 6) is -0.409. The average Bonchev–Trinajstić information content (AvgIpc) is 2.80. The van der Waals surface area contributed by atoms with E-state index in [9.17, 15) is 4.79 Å². The molecule has 1 aromatic carbocycles. The quantitative estimate of drug-likeness (QED) is 0.807. The lowest BCUT2D eigenvalue weighted by molar-refractivity contribution is -0.131. The number of benzene rings is 1. The molecule has 0 unspecified atom stereocenters. The summed E-state index contributed by atoms with van der Waals surface area (Å²) < 4.78 is 5.62. The smallest absolute Gasteiger partial charge is 0.328 e. The first-order chi connectivity index (χ1) is 9.54. The molecule has 1 N–H and O–H groups in total. The van der Waals surface area contributed by atoms with Gasteiger partial charge in [-0.3, -0.25) is 0 Å². The van der Waals surface area contributed by atoms with Crippen LogP contribution in [0.1, 0.15) is 10.4 Å². The van der Waals surface area contributed by atoms with E-state index in [0.29, 0.717) is 22.4 Å². The normalized spacial score (nSPS) is 10.9. The third kappa shape index (κ3) is 4.27. The topological polar surface area (TPSA) is 46.5 Å². The van der Waals surface area contributed by atoms with E-state index < -0.39 is 5.97 Å². The van der Waals surface area contributed by atoms with Gasteiger partial charge in [-0.25, -0.2) is 4.79 Å². The molecule has 0 saturated carbocycles. The molecule has 0 aliphatic heterocycles. The van der Waals surface area contributed by atoms with Crippen molar-refractivity contribution in [2.24, 2.45) is 0 Å². The van der Waals surface area contributed by atoms with Crippen LogP contribution in [0.5, 0.6) is 5.75 Å². The summed E-state index contributed by atoms with van der Waals surface area (Å²) in [5.41, 5.74) is 0.825. The highest BCUT2D eigenvalue weighted by Crippen LogP contribution is 2.26. The number of rotatable bonds is 5. The molecule has 3 nitrogen and oxygen atoms in total. The van der Waals surface area contributed by atoms with E-state index in [4.69, 9.17) is 33.0 Å². The van der Waals surface area contributed by atoms with E-state index in [0.717, 1.165) is 16.5 Å². The van der Waals surface area contributed by atoms with Gasteiger partial charge in [-0.05, 0) is 41.3 Å². The Morgan fingerprint density at radius 1 is 1.30 bits per heavy atom. The van der Waals surface area contributed by atoms with Crippen LogP contribution in [-0.4, -0.2) is 11.1 Å². The number of carboxylic acid groups (broad SMARTS) is 1. The van der Waals surface area contributed by atoms with E-state index in [2.05, 4.69) is 0 Å². The molecule has 0 aliphatic carbocycles. The predicted molar refractivity (Wildman–Crippen MR) is 81.8 cm³/mol. The monoisotopic (exact) mass is 328 g/mol. The SMILES string of the molecule is O=C(O)C=Cc1ccsc1COc1cc(Cl)cc(Cl)c1. The Bertz CT molecular complexity index is 629. The summed E-state index contributed by atoms with van der Waals surface area (Å²) in [6, 6.07) is 6.82. The Hall–Kier alpha value is -1.49. The lowest BCUT2D eigenvalue weighted by Gasteiger charge is -2.06. The lowest BCUT2D eigenvalue weighted by atomic mass is 10.2. The zero-order valence-electron chi connectivity index (χ0n) is 10.2. The average molecular weight is 329 g/mol. The second-order valence-corrected chi connectivity index (χ2v) is 5.74. The molecule has 1 heterocycles. The molecule has 2 rings (SSSR count). The number of thiophene rings is 1. The van der Waals surface area contributed by atoms with Crippen molar-refractivity contribution in [3.63, 3.8) is 0 Å². The van der Waals surface area contributed by atoms with Crippen molar-refractivity contribution >= 4 is 46.6 Å². The number of carbonyl (C=O) groups is 1. The van der Waals surface area contributed by atoms with Crippen LogP contribution in [0.15, 0.2) is 35.7 Å². The molecule has 0 fully saturated rings. The van der Waals surface area contributed by atoms with Crippen LogP contribution in [0.2, 0.25) is 10.0 Å². The number of ether oxygens (including phenoxy) is 1. The maximum atomic E-state index is 10.5. The second kappa shape index (κ2) is 6.79. The molecule has 104 valence electrons. The number of carboxylic acids is 1. The first-order valence-electron chi connectivity index (χ1n) is 5.61. The fraction of sp³-hybridized carbons (Fsp3) is 0.0714. The first-order valence-corrected chi connectivity index (χ1v) is 7.24. The summed E-state index contributed by atoms with van der Waals surface area (Å²) in [6.45, 7) is 0.327. The fourth-order valence-electron chi connectivity index (χ4n) is 1.54. The Kier molecular flexibility index (Phi) is 5.06. The molecule has 2 aromatic rings. The zero-order chi connectivity index (χ0) is 14.5. The zero-order valence-corrected chi connectivity index (χ0v) is 12.5. The van der Waals surface area contributed by atoms with Crippen LogP contribution in [0.3, 0.4) is 0 Å². The van der Waals surface area contributed by atoms with E-state index in [1.165, 1.54) is 11.3 Å². The minimum absolute atomic E-state index is 0.327. The lowest BCUT2D eigenvalue weighted by Crippen LogP contribution is -1.95. The highest BCUT2D eigenvalue weighted by Gasteiger charge is 2.05. The molecule has 1 aromatic heterocycles. The fourth-order valence-corrected chi connectivity index (χ4v) is 2.82. The minimum Gasteiger partial charge on any atom is -0.488 e. The van der Waals surface area contributed by atoms with Crippen molar-refractivity contribution < 1.29 is 14.6 Å². The van der Waals surface area contributed by atoms with Crippen molar-refractivity contribution in [3.05, 3.63) is 56.2 Å². The van der Waals surface area contributed by atoms with Crippen LogP contribution in [0, 0.1) is 0 Å². The molecule has 0 atom stereocenters. The Morgan fingerprint density at radius 3 is 2.65 bits per heavy atom. The molecule has 0 bridgehead atoms. The van der Waals surface area contributed by atoms with Crippen molar-refractivity contribution in [2.45, 2.75) is 6.61 Å². The van der Waals surface area contributed by atoms with E-state index >= 15 is 0 Å². The summed E-state index contributed by atoms with van der Waals surface area (Å²) in [6.07, 6.45) is 2.64. The summed E-state index contributed by atoms with van der Waals surface area (Å²) in [7, 11) is 0. The van der Waals surface area contributed by atoms with Gasteiger partial charge in [0.1, 0.15) is 12.4 Å². The Morgan fingerprint density at radius 2 is 2.00 bits per heavy atom. The van der Waals surface area contributed by atoms with Gasteiger partial charge in [0, 0.05) is 21.0 Å². The largest absolute Gasteiger partial charge is 0.488 e. The third-order valence-electron chi connectivity index (χ3n) is 2.39. The number of aliphatic carboxylic acids is 1. The predicted octanol–water partition coefficient (Wildman–Crippen LogP) is 4.73. The first kappa shape index (κ1) is 14.9. The van der Waals surface area contributed by atoms with Crippen LogP contribution in [0.4, 0.5) is 0 Å². The molecular formula is C14H10Cl2O3S. The van der Waals surface area contributed by atoms with Crippen molar-refractivity contribution in [3.8, 4) is 5.75 Å². The summed E-state index contributed by atoms with van der Waals surface area (Å²) in [5, 5.41) is 11.5. The van der Waals surface area contributed by atoms with Crippen LogP contribution in [0.25, 0.3) is 6.08 Å². The molecule has 0 spiro atoms. The maximum absolute atomic E-state index is 10.5. The van der Waals surface area contributed by atoms with Crippen molar-refractivity contribution in [1.82, 2.24) is 0 Å². The molecule has 20 heavy (non-hydrogen) atoms. The number of hydrogen-bond donors (Lipinski definition) is 1. The van der Waals surface area contributed by atoms with Gasteiger partial charge in [0.25, 0.3) is 0 Å². The molecule has 0 saturated heterocycles. The summed E-state index contributed by atoms with van der Waals surface area (Å²) in [4.78, 5) is 11.4.